The molecule has 0 aliphatic rings. The Balaban J connectivity index is 1.16. The molecule has 2 heterocycles. The highest BCUT2D eigenvalue weighted by molar-refractivity contribution is 5.88. The number of carbonyl (C=O) groups is 1. The van der Waals surface area contributed by atoms with E-state index in [-0.39, 0.29) is 19.1 Å². The summed E-state index contributed by atoms with van der Waals surface area (Å²) in [4.78, 5) is 12.2. The second kappa shape index (κ2) is 10.1. The van der Waals surface area contributed by atoms with Gasteiger partial charge in [0.05, 0.1) is 19.2 Å². The molecule has 0 fully saturated rings. The van der Waals surface area contributed by atoms with Crippen molar-refractivity contribution in [2.45, 2.75) is 0 Å². The molecular weight excluding hydrogens is 446 g/mol. The third-order valence-corrected chi connectivity index (χ3v) is 5.37. The van der Waals surface area contributed by atoms with Gasteiger partial charge in [-0.25, -0.2) is 0 Å². The van der Waals surface area contributed by atoms with Crippen molar-refractivity contribution in [3.05, 3.63) is 78.9 Å². The fourth-order valence-corrected chi connectivity index (χ4v) is 3.71. The second-order valence-electron chi connectivity index (χ2n) is 7.63. The summed E-state index contributed by atoms with van der Waals surface area (Å²) in [5.41, 5.74) is 1.35. The fraction of sp³-hybridized carbons (Fsp3) is 0.154. The van der Waals surface area contributed by atoms with Crippen LogP contribution in [0, 0.1) is 0 Å². The Hall–Kier alpha value is -4.66. The summed E-state index contributed by atoms with van der Waals surface area (Å²) in [6.07, 6.45) is 0. The first-order chi connectivity index (χ1) is 17.2. The number of methoxy groups -OCH3 is 1. The SMILES string of the molecule is COc1ccccc1-c1nnc2ccc(OCCNC(=O)COc3cccc4ccccc34)nn12. The van der Waals surface area contributed by atoms with Gasteiger partial charge in [-0.3, -0.25) is 4.79 Å². The minimum Gasteiger partial charge on any atom is -0.496 e. The smallest absolute Gasteiger partial charge is 0.258 e. The highest BCUT2D eigenvalue weighted by Crippen LogP contribution is 2.28. The molecule has 176 valence electrons. The van der Waals surface area contributed by atoms with Crippen molar-refractivity contribution in [1.82, 2.24) is 25.1 Å². The zero-order valence-corrected chi connectivity index (χ0v) is 19.0. The quantitative estimate of drug-likeness (QED) is 0.330. The Morgan fingerprint density at radius 2 is 1.69 bits per heavy atom. The molecule has 0 radical (unpaired) electrons. The molecule has 5 aromatic rings. The topological polar surface area (TPSA) is 99.9 Å². The lowest BCUT2D eigenvalue weighted by Crippen LogP contribution is -2.32. The van der Waals surface area contributed by atoms with Crippen molar-refractivity contribution >= 4 is 22.3 Å². The molecule has 5 rings (SSSR count). The molecule has 1 amide bonds. The zero-order valence-electron chi connectivity index (χ0n) is 19.0. The van der Waals surface area contributed by atoms with Gasteiger partial charge in [-0.2, -0.15) is 4.52 Å². The number of para-hydroxylation sites is 1. The lowest BCUT2D eigenvalue weighted by Gasteiger charge is -2.10. The van der Waals surface area contributed by atoms with Crippen LogP contribution < -0.4 is 19.5 Å². The number of carbonyl (C=O) groups excluding carboxylic acids is 1. The average molecular weight is 470 g/mol. The molecule has 2 aromatic heterocycles. The minimum absolute atomic E-state index is 0.0822. The van der Waals surface area contributed by atoms with E-state index in [9.17, 15) is 4.79 Å². The number of rotatable bonds is 9. The monoisotopic (exact) mass is 469 g/mol. The normalized spacial score (nSPS) is 10.9. The third kappa shape index (κ3) is 4.84. The standard InChI is InChI=1S/C26H23N5O4/c1-33-21-11-5-4-10-20(21)26-29-28-23-13-14-25(30-31(23)26)34-16-15-27-24(32)17-35-22-12-6-8-18-7-2-3-9-19(18)22/h2-14H,15-17H2,1H3,(H,27,32). The number of hydrogen-bond donors (Lipinski definition) is 1. The number of aromatic nitrogens is 4. The van der Waals surface area contributed by atoms with Gasteiger partial charge in [0.15, 0.2) is 18.1 Å². The molecule has 9 heteroatoms. The molecule has 9 nitrogen and oxygen atoms in total. The molecule has 0 spiro atoms. The van der Waals surface area contributed by atoms with Gasteiger partial charge in [-0.05, 0) is 29.7 Å². The van der Waals surface area contributed by atoms with Crippen LogP contribution in [0.5, 0.6) is 17.4 Å². The highest BCUT2D eigenvalue weighted by Gasteiger charge is 2.14. The summed E-state index contributed by atoms with van der Waals surface area (Å²) in [6, 6.07) is 24.6. The van der Waals surface area contributed by atoms with E-state index in [0.29, 0.717) is 35.4 Å². The number of amides is 1. The minimum atomic E-state index is -0.234. The number of fused-ring (bicyclic) bond motifs is 2. The van der Waals surface area contributed by atoms with E-state index in [1.807, 2.05) is 66.7 Å². The van der Waals surface area contributed by atoms with E-state index >= 15 is 0 Å². The van der Waals surface area contributed by atoms with E-state index < -0.39 is 0 Å². The summed E-state index contributed by atoms with van der Waals surface area (Å²) < 4.78 is 18.5. The lowest BCUT2D eigenvalue weighted by atomic mass is 10.1. The molecule has 0 atom stereocenters. The van der Waals surface area contributed by atoms with Gasteiger partial charge in [0.25, 0.3) is 5.91 Å². The summed E-state index contributed by atoms with van der Waals surface area (Å²) >= 11 is 0. The predicted octanol–water partition coefficient (Wildman–Crippen LogP) is 3.53. The van der Waals surface area contributed by atoms with Crippen molar-refractivity contribution in [2.75, 3.05) is 26.9 Å². The molecule has 0 bridgehead atoms. The van der Waals surface area contributed by atoms with Crippen molar-refractivity contribution < 1.29 is 19.0 Å². The first kappa shape index (κ1) is 22.1. The second-order valence-corrected chi connectivity index (χ2v) is 7.63. The van der Waals surface area contributed by atoms with Crippen LogP contribution in [0.25, 0.3) is 27.8 Å². The van der Waals surface area contributed by atoms with E-state index in [1.54, 1.807) is 23.8 Å². The van der Waals surface area contributed by atoms with Crippen LogP contribution in [0.15, 0.2) is 78.9 Å². The Morgan fingerprint density at radius 1 is 0.886 bits per heavy atom. The van der Waals surface area contributed by atoms with Crippen molar-refractivity contribution in [1.29, 1.82) is 0 Å². The number of nitrogens with zero attached hydrogens (tertiary/aromatic N) is 4. The van der Waals surface area contributed by atoms with Gasteiger partial charge in [-0.1, -0.05) is 48.5 Å². The maximum Gasteiger partial charge on any atom is 0.258 e. The van der Waals surface area contributed by atoms with Crippen molar-refractivity contribution in [2.24, 2.45) is 0 Å². The number of ether oxygens (including phenoxy) is 3. The first-order valence-corrected chi connectivity index (χ1v) is 11.1. The van der Waals surface area contributed by atoms with Crippen LogP contribution >= 0.6 is 0 Å². The largest absolute Gasteiger partial charge is 0.496 e. The number of benzene rings is 3. The highest BCUT2D eigenvalue weighted by atomic mass is 16.5. The Kier molecular flexibility index (Phi) is 6.38. The Labute approximate surface area is 201 Å². The Bertz CT molecular complexity index is 1480. The zero-order chi connectivity index (χ0) is 24.0. The molecule has 0 aliphatic carbocycles. The first-order valence-electron chi connectivity index (χ1n) is 11.1. The van der Waals surface area contributed by atoms with Crippen LogP contribution in [0.1, 0.15) is 0 Å². The maximum absolute atomic E-state index is 12.2. The molecule has 0 unspecified atom stereocenters. The average Bonchev–Trinajstić information content (AvgIpc) is 3.33. The van der Waals surface area contributed by atoms with Gasteiger partial charge >= 0.3 is 0 Å². The van der Waals surface area contributed by atoms with Crippen molar-refractivity contribution in [3.63, 3.8) is 0 Å². The molecule has 0 saturated carbocycles. The Morgan fingerprint density at radius 3 is 2.60 bits per heavy atom. The molecule has 35 heavy (non-hydrogen) atoms. The maximum atomic E-state index is 12.2. The molecular formula is C26H23N5O4. The summed E-state index contributed by atoms with van der Waals surface area (Å²) in [7, 11) is 1.60. The summed E-state index contributed by atoms with van der Waals surface area (Å²) in [5, 5.41) is 17.7. The van der Waals surface area contributed by atoms with Crippen LogP contribution in [-0.4, -0.2) is 52.6 Å². The molecule has 0 aliphatic heterocycles. The van der Waals surface area contributed by atoms with Crippen molar-refractivity contribution in [3.8, 4) is 28.8 Å². The number of nitrogens with one attached hydrogen (secondary N) is 1. The van der Waals surface area contributed by atoms with E-state index in [4.69, 9.17) is 14.2 Å². The fourth-order valence-electron chi connectivity index (χ4n) is 3.71. The molecule has 3 aromatic carbocycles. The van der Waals surface area contributed by atoms with Crippen LogP contribution in [-0.2, 0) is 4.79 Å². The van der Waals surface area contributed by atoms with Gasteiger partial charge in [0.2, 0.25) is 5.88 Å². The summed E-state index contributed by atoms with van der Waals surface area (Å²) in [6.45, 7) is 0.463. The van der Waals surface area contributed by atoms with Gasteiger partial charge < -0.3 is 19.5 Å². The lowest BCUT2D eigenvalue weighted by molar-refractivity contribution is -0.123. The van der Waals surface area contributed by atoms with Crippen LogP contribution in [0.2, 0.25) is 0 Å². The predicted molar refractivity (Wildman–Crippen MR) is 131 cm³/mol. The van der Waals surface area contributed by atoms with E-state index in [1.165, 1.54) is 0 Å². The van der Waals surface area contributed by atoms with E-state index in [2.05, 4.69) is 20.6 Å². The van der Waals surface area contributed by atoms with Gasteiger partial charge in [0.1, 0.15) is 18.1 Å². The van der Waals surface area contributed by atoms with Crippen LogP contribution in [0.3, 0.4) is 0 Å². The van der Waals surface area contributed by atoms with Gasteiger partial charge in [-0.15, -0.1) is 15.3 Å². The van der Waals surface area contributed by atoms with Gasteiger partial charge in [0, 0.05) is 11.5 Å². The van der Waals surface area contributed by atoms with Crippen LogP contribution in [0.4, 0.5) is 0 Å². The molecule has 1 N–H and O–H groups in total. The third-order valence-electron chi connectivity index (χ3n) is 5.37. The van der Waals surface area contributed by atoms with E-state index in [0.717, 1.165) is 16.3 Å². The summed E-state index contributed by atoms with van der Waals surface area (Å²) in [5.74, 6) is 2.04. The number of hydrogen-bond acceptors (Lipinski definition) is 7. The molecule has 0 saturated heterocycles.